The van der Waals surface area contributed by atoms with Crippen molar-refractivity contribution in [2.75, 3.05) is 13.1 Å². The average Bonchev–Trinajstić information content (AvgIpc) is 2.79. The van der Waals surface area contributed by atoms with Crippen molar-refractivity contribution in [3.05, 3.63) is 35.9 Å². The molecule has 2 aliphatic heterocycles. The van der Waals surface area contributed by atoms with Crippen molar-refractivity contribution in [3.63, 3.8) is 0 Å². The Morgan fingerprint density at radius 3 is 2.37 bits per heavy atom. The smallest absolute Gasteiger partial charge is 0.285 e. The number of rotatable bonds is 2. The Balaban J connectivity index is 1.61. The lowest BCUT2D eigenvalue weighted by molar-refractivity contribution is -0.122. The van der Waals surface area contributed by atoms with Crippen LogP contribution in [0.2, 0.25) is 0 Å². The largest absolute Gasteiger partial charge is 0.287 e. The second kappa shape index (κ2) is 5.35. The lowest BCUT2D eigenvalue weighted by Crippen LogP contribution is -2.43. The molecule has 0 aliphatic carbocycles. The zero-order valence-corrected chi connectivity index (χ0v) is 11.4. The highest BCUT2D eigenvalue weighted by Gasteiger charge is 2.37. The lowest BCUT2D eigenvalue weighted by atomic mass is 9.89. The van der Waals surface area contributed by atoms with Crippen molar-refractivity contribution in [2.24, 2.45) is 0 Å². The van der Waals surface area contributed by atoms with E-state index in [-0.39, 0.29) is 16.5 Å². The molecule has 2 aliphatic rings. The molecule has 1 unspecified atom stereocenters. The van der Waals surface area contributed by atoms with Gasteiger partial charge in [0, 0.05) is 13.1 Å². The van der Waals surface area contributed by atoms with E-state index < -0.39 is 0 Å². The van der Waals surface area contributed by atoms with Crippen LogP contribution in [0.3, 0.4) is 0 Å². The van der Waals surface area contributed by atoms with Crippen LogP contribution in [0, 0.1) is 0 Å². The second-order valence-electron chi connectivity index (χ2n) is 4.97. The van der Waals surface area contributed by atoms with Crippen molar-refractivity contribution in [3.8, 4) is 0 Å². The van der Waals surface area contributed by atoms with Crippen molar-refractivity contribution < 1.29 is 9.59 Å². The summed E-state index contributed by atoms with van der Waals surface area (Å²) < 4.78 is 0. The molecule has 0 radical (unpaired) electrons. The van der Waals surface area contributed by atoms with Crippen LogP contribution in [0.1, 0.15) is 24.3 Å². The Morgan fingerprint density at radius 2 is 1.79 bits per heavy atom. The van der Waals surface area contributed by atoms with E-state index in [1.165, 1.54) is 5.56 Å². The summed E-state index contributed by atoms with van der Waals surface area (Å²) >= 11 is 1.10. The van der Waals surface area contributed by atoms with Gasteiger partial charge in [-0.2, -0.15) is 0 Å². The van der Waals surface area contributed by atoms with Gasteiger partial charge in [0.05, 0.1) is 0 Å². The van der Waals surface area contributed by atoms with E-state index in [2.05, 4.69) is 34.5 Å². The van der Waals surface area contributed by atoms with E-state index >= 15 is 0 Å². The molecule has 0 aromatic heterocycles. The molecule has 5 heteroatoms. The summed E-state index contributed by atoms with van der Waals surface area (Å²) in [6.07, 6.45) is 2.09. The van der Waals surface area contributed by atoms with Crippen LogP contribution in [0.15, 0.2) is 30.3 Å². The van der Waals surface area contributed by atoms with E-state index in [1.807, 2.05) is 6.07 Å². The minimum absolute atomic E-state index is 0.159. The van der Waals surface area contributed by atoms with E-state index in [0.717, 1.165) is 37.7 Å². The maximum absolute atomic E-state index is 11.6. The molecule has 1 aromatic rings. The first kappa shape index (κ1) is 12.7. The maximum atomic E-state index is 11.6. The number of carbonyl (C=O) groups excluding carboxylic acids is 2. The number of nitrogens with zero attached hydrogens (tertiary/aromatic N) is 1. The Morgan fingerprint density at radius 1 is 1.11 bits per heavy atom. The van der Waals surface area contributed by atoms with Gasteiger partial charge in [-0.1, -0.05) is 30.3 Å². The molecule has 2 fully saturated rings. The van der Waals surface area contributed by atoms with Gasteiger partial charge in [-0.25, -0.2) is 0 Å². The van der Waals surface area contributed by atoms with Gasteiger partial charge < -0.3 is 0 Å². The number of carbonyl (C=O) groups is 2. The fourth-order valence-corrected chi connectivity index (χ4v) is 3.67. The quantitative estimate of drug-likeness (QED) is 0.899. The zero-order chi connectivity index (χ0) is 13.2. The first-order valence-corrected chi connectivity index (χ1v) is 7.42. The first-order chi connectivity index (χ1) is 9.24. The molecule has 19 heavy (non-hydrogen) atoms. The van der Waals surface area contributed by atoms with Gasteiger partial charge in [0.15, 0.2) is 0 Å². The molecular weight excluding hydrogens is 260 g/mol. The van der Waals surface area contributed by atoms with Crippen molar-refractivity contribution >= 4 is 22.9 Å². The molecule has 0 bridgehead atoms. The third kappa shape index (κ3) is 2.67. The molecule has 100 valence electrons. The number of piperidine rings is 1. The van der Waals surface area contributed by atoms with Crippen LogP contribution >= 0.6 is 11.8 Å². The van der Waals surface area contributed by atoms with E-state index in [9.17, 15) is 9.59 Å². The topological polar surface area (TPSA) is 49.4 Å². The molecule has 0 spiro atoms. The molecule has 1 atom stereocenters. The first-order valence-electron chi connectivity index (χ1n) is 6.54. The number of nitrogens with one attached hydrogen (secondary N) is 1. The summed E-state index contributed by atoms with van der Waals surface area (Å²) in [5.74, 6) is 0.413. The summed E-state index contributed by atoms with van der Waals surface area (Å²) in [7, 11) is 0. The highest BCUT2D eigenvalue weighted by molar-refractivity contribution is 8.15. The molecule has 4 nitrogen and oxygen atoms in total. The fourth-order valence-electron chi connectivity index (χ4n) is 2.78. The molecule has 2 amide bonds. The molecule has 0 saturated carbocycles. The normalized spacial score (nSPS) is 25.6. The molecule has 3 rings (SSSR count). The van der Waals surface area contributed by atoms with Crippen molar-refractivity contribution in [2.45, 2.75) is 24.1 Å². The fraction of sp³-hybridized carbons (Fsp3) is 0.429. The summed E-state index contributed by atoms with van der Waals surface area (Å²) in [5, 5.41) is 1.81. The summed E-state index contributed by atoms with van der Waals surface area (Å²) in [4.78, 5) is 25.0. The highest BCUT2D eigenvalue weighted by Crippen LogP contribution is 2.32. The Labute approximate surface area is 116 Å². The van der Waals surface area contributed by atoms with Gasteiger partial charge in [0.25, 0.3) is 11.1 Å². The van der Waals surface area contributed by atoms with Crippen LogP contribution in [-0.4, -0.2) is 34.5 Å². The van der Waals surface area contributed by atoms with Crippen LogP contribution in [0.5, 0.6) is 0 Å². The van der Waals surface area contributed by atoms with Crippen molar-refractivity contribution in [1.29, 1.82) is 0 Å². The van der Waals surface area contributed by atoms with Crippen LogP contribution < -0.4 is 5.32 Å². The summed E-state index contributed by atoms with van der Waals surface area (Å²) in [6.45, 7) is 1.75. The van der Waals surface area contributed by atoms with Gasteiger partial charge in [0.2, 0.25) is 0 Å². The monoisotopic (exact) mass is 276 g/mol. The van der Waals surface area contributed by atoms with Gasteiger partial charge in [-0.15, -0.1) is 0 Å². The predicted octanol–water partition coefficient (Wildman–Crippen LogP) is 2.18. The zero-order valence-electron chi connectivity index (χ0n) is 10.5. The predicted molar refractivity (Wildman–Crippen MR) is 74.9 cm³/mol. The van der Waals surface area contributed by atoms with E-state index in [0.29, 0.717) is 5.92 Å². The minimum atomic E-state index is -0.316. The number of thioether (sulfide) groups is 1. The third-order valence-electron chi connectivity index (χ3n) is 3.80. The highest BCUT2D eigenvalue weighted by atomic mass is 32.2. The standard InChI is InChI=1S/C14H16N2O2S/c17-12-13(19-14(18)15-12)16-8-6-11(7-9-16)10-4-2-1-3-5-10/h1-5,11,13H,6-9H2,(H,15,17,18). The maximum Gasteiger partial charge on any atom is 0.287 e. The average molecular weight is 276 g/mol. The van der Waals surface area contributed by atoms with Crippen molar-refractivity contribution in [1.82, 2.24) is 10.2 Å². The molecule has 1 aromatic carbocycles. The second-order valence-corrected chi connectivity index (χ2v) is 6.02. The van der Waals surface area contributed by atoms with Crippen LogP contribution in [0.25, 0.3) is 0 Å². The number of benzene rings is 1. The SMILES string of the molecule is O=C1NC(=O)C(N2CCC(c3ccccc3)CC2)S1. The number of amides is 2. The number of hydrogen-bond donors (Lipinski definition) is 1. The van der Waals surface area contributed by atoms with Gasteiger partial charge >= 0.3 is 0 Å². The van der Waals surface area contributed by atoms with Gasteiger partial charge in [0.1, 0.15) is 5.37 Å². The minimum Gasteiger partial charge on any atom is -0.285 e. The summed E-state index contributed by atoms with van der Waals surface area (Å²) in [5.41, 5.74) is 1.38. The van der Waals surface area contributed by atoms with E-state index in [1.54, 1.807) is 0 Å². The lowest BCUT2D eigenvalue weighted by Gasteiger charge is -2.34. The van der Waals surface area contributed by atoms with Crippen LogP contribution in [0.4, 0.5) is 4.79 Å². The Kier molecular flexibility index (Phi) is 3.57. The Bertz CT molecular complexity index is 483. The molecule has 2 heterocycles. The molecule has 1 N–H and O–H groups in total. The third-order valence-corrected chi connectivity index (χ3v) is 4.85. The molecular formula is C14H16N2O2S. The summed E-state index contributed by atoms with van der Waals surface area (Å²) in [6, 6.07) is 10.5. The van der Waals surface area contributed by atoms with Gasteiger partial charge in [-0.3, -0.25) is 19.8 Å². The van der Waals surface area contributed by atoms with Gasteiger partial charge in [-0.05, 0) is 36.1 Å². The molecule has 2 saturated heterocycles. The Hall–Kier alpha value is -1.33. The number of hydrogen-bond acceptors (Lipinski definition) is 4. The number of likely N-dealkylation sites (tertiary alicyclic amines) is 1. The van der Waals surface area contributed by atoms with Crippen LogP contribution in [-0.2, 0) is 4.79 Å². The van der Waals surface area contributed by atoms with E-state index in [4.69, 9.17) is 0 Å². The number of imide groups is 1.